The van der Waals surface area contributed by atoms with Crippen molar-refractivity contribution in [2.24, 2.45) is 5.73 Å². The lowest BCUT2D eigenvalue weighted by Gasteiger charge is -2.23. The highest BCUT2D eigenvalue weighted by Gasteiger charge is 2.29. The molecule has 1 aliphatic carbocycles. The minimum atomic E-state index is 0.599. The fourth-order valence-corrected chi connectivity index (χ4v) is 2.21. The quantitative estimate of drug-likeness (QED) is 0.876. The van der Waals surface area contributed by atoms with Crippen LogP contribution in [0, 0.1) is 0 Å². The van der Waals surface area contributed by atoms with Crippen molar-refractivity contribution in [3.05, 3.63) is 54.0 Å². The lowest BCUT2D eigenvalue weighted by molar-refractivity contribution is 0.501. The SMILES string of the molecule is NCc1ccc(N(Cc2ccco2)C2CC2)cc1. The summed E-state index contributed by atoms with van der Waals surface area (Å²) in [4.78, 5) is 2.42. The zero-order valence-corrected chi connectivity index (χ0v) is 10.4. The van der Waals surface area contributed by atoms with Crippen molar-refractivity contribution < 1.29 is 4.42 Å². The molecular formula is C15H18N2O. The van der Waals surface area contributed by atoms with Gasteiger partial charge >= 0.3 is 0 Å². The van der Waals surface area contributed by atoms with Gasteiger partial charge in [0.1, 0.15) is 5.76 Å². The van der Waals surface area contributed by atoms with E-state index in [0.29, 0.717) is 12.6 Å². The van der Waals surface area contributed by atoms with Crippen LogP contribution < -0.4 is 10.6 Å². The fraction of sp³-hybridized carbons (Fsp3) is 0.333. The summed E-state index contributed by atoms with van der Waals surface area (Å²) in [6.07, 6.45) is 4.29. The Bertz CT molecular complexity index is 486. The normalized spacial score (nSPS) is 14.7. The zero-order valence-electron chi connectivity index (χ0n) is 10.4. The van der Waals surface area contributed by atoms with Gasteiger partial charge in [0.15, 0.2) is 0 Å². The Kier molecular flexibility index (Phi) is 3.07. The number of furan rings is 1. The van der Waals surface area contributed by atoms with E-state index in [9.17, 15) is 0 Å². The largest absolute Gasteiger partial charge is 0.467 e. The lowest BCUT2D eigenvalue weighted by atomic mass is 10.2. The monoisotopic (exact) mass is 242 g/mol. The highest BCUT2D eigenvalue weighted by molar-refractivity contribution is 5.50. The van der Waals surface area contributed by atoms with Gasteiger partial charge in [-0.1, -0.05) is 12.1 Å². The first kappa shape index (κ1) is 11.4. The van der Waals surface area contributed by atoms with E-state index in [4.69, 9.17) is 10.2 Å². The van der Waals surface area contributed by atoms with Gasteiger partial charge < -0.3 is 15.1 Å². The van der Waals surface area contributed by atoms with Crippen molar-refractivity contribution in [2.75, 3.05) is 4.90 Å². The second-order valence-corrected chi connectivity index (χ2v) is 4.81. The molecule has 1 heterocycles. The summed E-state index contributed by atoms with van der Waals surface area (Å²) in [5.74, 6) is 1.02. The van der Waals surface area contributed by atoms with Crippen molar-refractivity contribution in [3.8, 4) is 0 Å². The van der Waals surface area contributed by atoms with Crippen LogP contribution in [0.3, 0.4) is 0 Å². The molecule has 2 aromatic rings. The van der Waals surface area contributed by atoms with E-state index >= 15 is 0 Å². The van der Waals surface area contributed by atoms with Crippen LogP contribution in [0.25, 0.3) is 0 Å². The van der Waals surface area contributed by atoms with Gasteiger partial charge in [-0.15, -0.1) is 0 Å². The van der Waals surface area contributed by atoms with Crippen LogP contribution >= 0.6 is 0 Å². The first-order chi connectivity index (χ1) is 8.86. The minimum absolute atomic E-state index is 0.599. The van der Waals surface area contributed by atoms with Gasteiger partial charge in [0, 0.05) is 18.3 Å². The molecule has 3 nitrogen and oxygen atoms in total. The molecule has 1 aromatic heterocycles. The van der Waals surface area contributed by atoms with Gasteiger partial charge in [-0.3, -0.25) is 0 Å². The Morgan fingerprint density at radius 1 is 1.17 bits per heavy atom. The van der Waals surface area contributed by atoms with Crippen molar-refractivity contribution in [3.63, 3.8) is 0 Å². The predicted molar refractivity (Wildman–Crippen MR) is 72.2 cm³/mol. The van der Waals surface area contributed by atoms with E-state index in [-0.39, 0.29) is 0 Å². The van der Waals surface area contributed by atoms with Crippen LogP contribution in [-0.4, -0.2) is 6.04 Å². The molecule has 1 aliphatic rings. The molecular weight excluding hydrogens is 224 g/mol. The van der Waals surface area contributed by atoms with Gasteiger partial charge in [-0.05, 0) is 42.7 Å². The summed E-state index contributed by atoms with van der Waals surface area (Å²) in [6.45, 7) is 1.45. The summed E-state index contributed by atoms with van der Waals surface area (Å²) in [5, 5.41) is 0. The van der Waals surface area contributed by atoms with E-state index < -0.39 is 0 Å². The van der Waals surface area contributed by atoms with Gasteiger partial charge in [0.05, 0.1) is 12.8 Å². The van der Waals surface area contributed by atoms with Gasteiger partial charge in [0.25, 0.3) is 0 Å². The van der Waals surface area contributed by atoms with Crippen LogP contribution in [-0.2, 0) is 13.1 Å². The van der Waals surface area contributed by atoms with Crippen molar-refractivity contribution in [1.29, 1.82) is 0 Å². The smallest absolute Gasteiger partial charge is 0.123 e. The molecule has 1 fully saturated rings. The third-order valence-corrected chi connectivity index (χ3v) is 3.40. The summed E-state index contributed by atoms with van der Waals surface area (Å²) < 4.78 is 5.45. The third kappa shape index (κ3) is 2.41. The van der Waals surface area contributed by atoms with Gasteiger partial charge in [-0.25, -0.2) is 0 Å². The second-order valence-electron chi connectivity index (χ2n) is 4.81. The number of hydrogen-bond acceptors (Lipinski definition) is 3. The van der Waals surface area contributed by atoms with E-state index in [2.05, 4.69) is 29.2 Å². The predicted octanol–water partition coefficient (Wildman–Crippen LogP) is 2.91. The van der Waals surface area contributed by atoms with E-state index in [0.717, 1.165) is 12.3 Å². The molecule has 18 heavy (non-hydrogen) atoms. The van der Waals surface area contributed by atoms with Gasteiger partial charge in [0.2, 0.25) is 0 Å². The highest BCUT2D eigenvalue weighted by Crippen LogP contribution is 2.33. The molecule has 94 valence electrons. The Labute approximate surface area is 107 Å². The standard InChI is InChI=1S/C15H18N2O/c16-10-12-3-5-13(6-4-12)17(14-7-8-14)11-15-2-1-9-18-15/h1-6,9,14H,7-8,10-11,16H2. The molecule has 2 N–H and O–H groups in total. The minimum Gasteiger partial charge on any atom is -0.467 e. The molecule has 3 rings (SSSR count). The van der Waals surface area contributed by atoms with E-state index in [1.165, 1.54) is 24.1 Å². The molecule has 0 aliphatic heterocycles. The average molecular weight is 242 g/mol. The molecule has 0 spiro atoms. The van der Waals surface area contributed by atoms with Crippen molar-refractivity contribution in [2.45, 2.75) is 32.0 Å². The maximum Gasteiger partial charge on any atom is 0.123 e. The first-order valence-electron chi connectivity index (χ1n) is 6.45. The molecule has 0 atom stereocenters. The Morgan fingerprint density at radius 2 is 1.94 bits per heavy atom. The fourth-order valence-electron chi connectivity index (χ4n) is 2.21. The number of nitrogens with zero attached hydrogens (tertiary/aromatic N) is 1. The molecule has 0 amide bonds. The molecule has 0 bridgehead atoms. The molecule has 0 radical (unpaired) electrons. The maximum absolute atomic E-state index is 5.63. The Morgan fingerprint density at radius 3 is 2.50 bits per heavy atom. The van der Waals surface area contributed by atoms with Crippen LogP contribution in [0.1, 0.15) is 24.2 Å². The zero-order chi connectivity index (χ0) is 12.4. The second kappa shape index (κ2) is 4.86. The van der Waals surface area contributed by atoms with Crippen LogP contribution in [0.5, 0.6) is 0 Å². The topological polar surface area (TPSA) is 42.4 Å². The van der Waals surface area contributed by atoms with Crippen LogP contribution in [0.2, 0.25) is 0 Å². The van der Waals surface area contributed by atoms with Crippen LogP contribution in [0.15, 0.2) is 47.1 Å². The van der Waals surface area contributed by atoms with Gasteiger partial charge in [-0.2, -0.15) is 0 Å². The number of benzene rings is 1. The number of hydrogen-bond donors (Lipinski definition) is 1. The molecule has 0 unspecified atom stereocenters. The number of nitrogens with two attached hydrogens (primary N) is 1. The first-order valence-corrected chi connectivity index (χ1v) is 6.45. The van der Waals surface area contributed by atoms with Crippen molar-refractivity contribution >= 4 is 5.69 Å². The molecule has 1 aromatic carbocycles. The maximum atomic E-state index is 5.63. The Hall–Kier alpha value is -1.74. The van der Waals surface area contributed by atoms with Crippen molar-refractivity contribution in [1.82, 2.24) is 0 Å². The summed E-state index contributed by atoms with van der Waals surface area (Å²) in [6, 6.07) is 13.2. The Balaban J connectivity index is 1.80. The highest BCUT2D eigenvalue weighted by atomic mass is 16.3. The third-order valence-electron chi connectivity index (χ3n) is 3.40. The lowest BCUT2D eigenvalue weighted by Crippen LogP contribution is -2.24. The summed E-state index contributed by atoms with van der Waals surface area (Å²) >= 11 is 0. The molecule has 1 saturated carbocycles. The number of rotatable bonds is 5. The molecule has 3 heteroatoms. The summed E-state index contributed by atoms with van der Waals surface area (Å²) in [7, 11) is 0. The summed E-state index contributed by atoms with van der Waals surface area (Å²) in [5.41, 5.74) is 8.06. The average Bonchev–Trinajstić information content (AvgIpc) is 3.13. The number of anilines is 1. The molecule has 0 saturated heterocycles. The van der Waals surface area contributed by atoms with E-state index in [1.54, 1.807) is 6.26 Å². The van der Waals surface area contributed by atoms with Crippen LogP contribution in [0.4, 0.5) is 5.69 Å². The van der Waals surface area contributed by atoms with E-state index in [1.807, 2.05) is 12.1 Å².